The molecule has 1 aromatic heterocycles. The normalized spacial score (nSPS) is 19.4. The molecule has 2 aliphatic rings. The molecule has 0 bridgehead atoms. The van der Waals surface area contributed by atoms with Gasteiger partial charge in [-0.25, -0.2) is 9.59 Å². The molecule has 2 amide bonds. The van der Waals surface area contributed by atoms with E-state index in [9.17, 15) is 14.7 Å². The number of carbonyl (C=O) groups excluding carboxylic acids is 1. The van der Waals surface area contributed by atoms with Gasteiger partial charge < -0.3 is 15.0 Å². The van der Waals surface area contributed by atoms with Crippen molar-refractivity contribution in [1.82, 2.24) is 19.7 Å². The summed E-state index contributed by atoms with van der Waals surface area (Å²) in [7, 11) is 0. The van der Waals surface area contributed by atoms with Gasteiger partial charge in [-0.15, -0.1) is 0 Å². The van der Waals surface area contributed by atoms with Gasteiger partial charge >= 0.3 is 12.0 Å². The number of aliphatic carboxylic acids is 1. The molecule has 1 saturated heterocycles. The fourth-order valence-electron chi connectivity index (χ4n) is 4.76. The van der Waals surface area contributed by atoms with Crippen LogP contribution in [0.15, 0.2) is 30.5 Å². The Bertz CT molecular complexity index is 999. The van der Waals surface area contributed by atoms with Crippen LogP contribution in [0.25, 0.3) is 16.5 Å². The number of aromatic amines is 1. The summed E-state index contributed by atoms with van der Waals surface area (Å²) in [5.74, 6) is -1.04. The summed E-state index contributed by atoms with van der Waals surface area (Å²) < 4.78 is 0. The second-order valence-corrected chi connectivity index (χ2v) is 8.89. The summed E-state index contributed by atoms with van der Waals surface area (Å²) in [4.78, 5) is 34.6. The molecule has 2 N–H and O–H groups in total. The summed E-state index contributed by atoms with van der Waals surface area (Å²) in [6.07, 6.45) is 2.62. The lowest BCUT2D eigenvalue weighted by Gasteiger charge is -2.38. The number of carbonyl (C=O) groups is 2. The molecule has 30 heavy (non-hydrogen) atoms. The maximum Gasteiger partial charge on any atom is 0.339 e. The third-order valence-electron chi connectivity index (χ3n) is 6.16. The lowest BCUT2D eigenvalue weighted by atomic mass is 9.82. The predicted octanol–water partition coefficient (Wildman–Crippen LogP) is 3.33. The molecule has 0 saturated carbocycles. The first-order chi connectivity index (χ1) is 14.3. The summed E-state index contributed by atoms with van der Waals surface area (Å²) in [5, 5.41) is 11.0. The lowest BCUT2D eigenvalue weighted by Crippen LogP contribution is -2.53. The van der Waals surface area contributed by atoms with E-state index in [1.54, 1.807) is 4.90 Å². The van der Waals surface area contributed by atoms with E-state index in [1.807, 2.05) is 29.2 Å². The van der Waals surface area contributed by atoms with Gasteiger partial charge in [0.1, 0.15) is 0 Å². The van der Waals surface area contributed by atoms with E-state index in [1.165, 1.54) is 6.20 Å². The smallest absolute Gasteiger partial charge is 0.339 e. The zero-order valence-electron chi connectivity index (χ0n) is 17.9. The topological polar surface area (TPSA) is 79.9 Å². The highest BCUT2D eigenvalue weighted by Gasteiger charge is 2.38. The van der Waals surface area contributed by atoms with E-state index < -0.39 is 11.4 Å². The van der Waals surface area contributed by atoms with Crippen LogP contribution in [0.3, 0.4) is 0 Å². The number of nitrogens with zero attached hydrogens (tertiary/aromatic N) is 3. The highest BCUT2D eigenvalue weighted by atomic mass is 16.4. The Kier molecular flexibility index (Phi) is 5.32. The summed E-state index contributed by atoms with van der Waals surface area (Å²) >= 11 is 0. The number of piperazine rings is 1. The number of benzene rings is 1. The molecule has 0 unspecified atom stereocenters. The summed E-state index contributed by atoms with van der Waals surface area (Å²) in [5.41, 5.74) is 2.17. The van der Waals surface area contributed by atoms with Crippen molar-refractivity contribution in [3.8, 4) is 0 Å². The van der Waals surface area contributed by atoms with E-state index in [4.69, 9.17) is 0 Å². The number of hydrogen-bond donors (Lipinski definition) is 2. The van der Waals surface area contributed by atoms with E-state index >= 15 is 0 Å². The Balaban J connectivity index is 1.69. The molecule has 7 nitrogen and oxygen atoms in total. The first kappa shape index (κ1) is 20.5. The fraction of sp³-hybridized carbons (Fsp3) is 0.478. The van der Waals surface area contributed by atoms with Crippen LogP contribution in [0, 0.1) is 0 Å². The highest BCUT2D eigenvalue weighted by molar-refractivity contribution is 6.17. The zero-order valence-corrected chi connectivity index (χ0v) is 17.9. The first-order valence-electron chi connectivity index (χ1n) is 10.7. The van der Waals surface area contributed by atoms with Gasteiger partial charge in [-0.1, -0.05) is 39.0 Å². The molecule has 3 heterocycles. The van der Waals surface area contributed by atoms with Gasteiger partial charge in [-0.05, 0) is 24.6 Å². The summed E-state index contributed by atoms with van der Waals surface area (Å²) in [6.45, 7) is 10.8. The van der Waals surface area contributed by atoms with Crippen molar-refractivity contribution in [2.45, 2.75) is 32.6 Å². The Morgan fingerprint density at radius 1 is 1.13 bits per heavy atom. The van der Waals surface area contributed by atoms with Crippen LogP contribution in [0.4, 0.5) is 4.79 Å². The molecular weight excluding hydrogens is 380 g/mol. The summed E-state index contributed by atoms with van der Waals surface area (Å²) in [6, 6.07) is 7.74. The Morgan fingerprint density at radius 3 is 2.50 bits per heavy atom. The van der Waals surface area contributed by atoms with Gasteiger partial charge in [-0.3, -0.25) is 9.80 Å². The molecule has 0 radical (unpaired) electrons. The largest absolute Gasteiger partial charge is 0.478 e. The average molecular weight is 411 g/mol. The van der Waals surface area contributed by atoms with Gasteiger partial charge in [0.15, 0.2) is 0 Å². The Hall–Kier alpha value is -2.80. The second kappa shape index (κ2) is 7.80. The molecule has 2 aromatic rings. The minimum atomic E-state index is -1.04. The standard InChI is InChI=1S/C23H30N4O3/c1-4-9-25-10-12-26(13-11-25)22(30)27-14-17(21(28)29)20-19(23(2,3)15-27)16-7-5-6-8-18(16)24-20/h5-8,14,24H,4,9-13,15H2,1-3H3,(H,28,29). The predicted molar refractivity (Wildman–Crippen MR) is 117 cm³/mol. The third-order valence-corrected chi connectivity index (χ3v) is 6.16. The van der Waals surface area contributed by atoms with Crippen molar-refractivity contribution in [3.63, 3.8) is 0 Å². The van der Waals surface area contributed by atoms with E-state index in [-0.39, 0.29) is 11.6 Å². The van der Waals surface area contributed by atoms with Crippen molar-refractivity contribution in [3.05, 3.63) is 41.7 Å². The van der Waals surface area contributed by atoms with Crippen LogP contribution in [-0.2, 0) is 10.2 Å². The molecule has 7 heteroatoms. The number of rotatable bonds is 3. The number of carboxylic acid groups (broad SMARTS) is 1. The minimum Gasteiger partial charge on any atom is -0.478 e. The van der Waals surface area contributed by atoms with Crippen LogP contribution in [0.1, 0.15) is 38.4 Å². The van der Waals surface area contributed by atoms with Crippen LogP contribution >= 0.6 is 0 Å². The molecule has 1 aromatic carbocycles. The molecule has 4 rings (SSSR count). The van der Waals surface area contributed by atoms with Gasteiger partial charge in [0.2, 0.25) is 0 Å². The van der Waals surface area contributed by atoms with E-state index in [2.05, 4.69) is 30.7 Å². The van der Waals surface area contributed by atoms with Crippen LogP contribution in [0.2, 0.25) is 0 Å². The fourth-order valence-corrected chi connectivity index (χ4v) is 4.76. The maximum absolute atomic E-state index is 13.3. The molecule has 2 aliphatic heterocycles. The third kappa shape index (κ3) is 3.58. The van der Waals surface area contributed by atoms with E-state index in [0.29, 0.717) is 25.3 Å². The number of nitrogens with one attached hydrogen (secondary N) is 1. The zero-order chi connectivity index (χ0) is 21.5. The Morgan fingerprint density at radius 2 is 1.83 bits per heavy atom. The number of aromatic nitrogens is 1. The van der Waals surface area contributed by atoms with E-state index in [0.717, 1.165) is 42.5 Å². The number of amides is 2. The molecule has 0 spiro atoms. The van der Waals surface area contributed by atoms with Crippen molar-refractivity contribution in [2.24, 2.45) is 0 Å². The van der Waals surface area contributed by atoms with Gasteiger partial charge in [0.25, 0.3) is 0 Å². The maximum atomic E-state index is 13.3. The van der Waals surface area contributed by atoms with Gasteiger partial charge in [0.05, 0.1) is 11.3 Å². The molecular formula is C23H30N4O3. The number of para-hydroxylation sites is 1. The van der Waals surface area contributed by atoms with Crippen molar-refractivity contribution in [2.75, 3.05) is 39.3 Å². The van der Waals surface area contributed by atoms with Gasteiger partial charge in [-0.2, -0.15) is 0 Å². The van der Waals surface area contributed by atoms with Crippen molar-refractivity contribution in [1.29, 1.82) is 0 Å². The number of carboxylic acids is 1. The lowest BCUT2D eigenvalue weighted by molar-refractivity contribution is -0.130. The van der Waals surface area contributed by atoms with Crippen LogP contribution in [-0.4, -0.2) is 76.1 Å². The minimum absolute atomic E-state index is 0.118. The molecule has 160 valence electrons. The number of urea groups is 1. The second-order valence-electron chi connectivity index (χ2n) is 8.89. The number of fused-ring (bicyclic) bond motifs is 3. The SMILES string of the molecule is CCCN1CCN(C(=O)N2C=C(C(=O)O)c3[nH]c4ccccc4c3C(C)(C)C2)CC1. The van der Waals surface area contributed by atoms with Gasteiger partial charge in [0, 0.05) is 55.2 Å². The van der Waals surface area contributed by atoms with Crippen molar-refractivity contribution < 1.29 is 14.7 Å². The van der Waals surface area contributed by atoms with Crippen LogP contribution in [0.5, 0.6) is 0 Å². The number of hydrogen-bond acceptors (Lipinski definition) is 3. The average Bonchev–Trinajstić information content (AvgIpc) is 3.06. The van der Waals surface area contributed by atoms with Crippen LogP contribution < -0.4 is 0 Å². The quantitative estimate of drug-likeness (QED) is 0.813. The monoisotopic (exact) mass is 410 g/mol. The first-order valence-corrected chi connectivity index (χ1v) is 10.7. The Labute approximate surface area is 176 Å². The van der Waals surface area contributed by atoms with Crippen molar-refractivity contribution >= 4 is 28.5 Å². The molecule has 1 fully saturated rings. The molecule has 0 aliphatic carbocycles. The molecule has 0 atom stereocenters. The highest BCUT2D eigenvalue weighted by Crippen LogP contribution is 2.40. The number of H-pyrrole nitrogens is 1.